The summed E-state index contributed by atoms with van der Waals surface area (Å²) < 4.78 is 15.4. The number of phenols is 1. The molecule has 7 heteroatoms. The zero-order valence-electron chi connectivity index (χ0n) is 15.8. The fourth-order valence-electron chi connectivity index (χ4n) is 2.21. The summed E-state index contributed by atoms with van der Waals surface area (Å²) in [6.45, 7) is 1.80. The lowest BCUT2D eigenvalue weighted by atomic mass is 10.2. The van der Waals surface area contributed by atoms with E-state index in [2.05, 4.69) is 0 Å². The lowest BCUT2D eigenvalue weighted by molar-refractivity contribution is -0.385. The third-order valence-electron chi connectivity index (χ3n) is 3.67. The van der Waals surface area contributed by atoms with Crippen molar-refractivity contribution in [2.24, 2.45) is 0 Å². The van der Waals surface area contributed by atoms with E-state index in [1.54, 1.807) is 81.8 Å². The molecule has 0 unspecified atom stereocenters. The molecular weight excluding hydrogens is 362 g/mol. The fraction of sp³-hybridized carbons (Fsp3) is 0.143. The molecule has 0 aromatic heterocycles. The number of ether oxygens (including phenoxy) is 3. The van der Waals surface area contributed by atoms with Crippen LogP contribution in [0.3, 0.4) is 0 Å². The maximum absolute atomic E-state index is 11.0. The van der Waals surface area contributed by atoms with E-state index in [0.717, 1.165) is 11.3 Å². The Morgan fingerprint density at radius 3 is 1.82 bits per heavy atom. The second-order valence-electron chi connectivity index (χ2n) is 5.70. The fourth-order valence-corrected chi connectivity index (χ4v) is 2.21. The van der Waals surface area contributed by atoms with E-state index in [1.807, 2.05) is 0 Å². The van der Waals surface area contributed by atoms with Crippen molar-refractivity contribution in [1.82, 2.24) is 0 Å². The van der Waals surface area contributed by atoms with E-state index in [4.69, 9.17) is 19.3 Å². The van der Waals surface area contributed by atoms with Crippen molar-refractivity contribution in [2.45, 2.75) is 6.92 Å². The zero-order chi connectivity index (χ0) is 20.5. The molecule has 0 saturated carbocycles. The van der Waals surface area contributed by atoms with Gasteiger partial charge in [0.25, 0.3) is 0 Å². The van der Waals surface area contributed by atoms with Gasteiger partial charge in [0.2, 0.25) is 5.75 Å². The van der Waals surface area contributed by atoms with Gasteiger partial charge >= 0.3 is 5.69 Å². The van der Waals surface area contributed by atoms with Crippen molar-refractivity contribution < 1.29 is 24.2 Å². The van der Waals surface area contributed by atoms with Crippen molar-refractivity contribution in [2.75, 3.05) is 14.2 Å². The summed E-state index contributed by atoms with van der Waals surface area (Å²) in [5, 5.41) is 19.8. The molecule has 3 rings (SSSR count). The van der Waals surface area contributed by atoms with Gasteiger partial charge in [-0.15, -0.1) is 0 Å². The second-order valence-corrected chi connectivity index (χ2v) is 5.70. The summed E-state index contributed by atoms with van der Waals surface area (Å²) in [6.07, 6.45) is 0. The number of benzene rings is 3. The first-order chi connectivity index (χ1) is 13.4. The standard InChI is InChI=1S/C14H13NO4.C7H8O2/c1-10-3-8-14(13(9-10)15(16)17)19-12-6-4-11(18-2)5-7-12;1-9-7-4-2-6(8)3-5-7/h3-9H,1-2H3;2-5,8H,1H3. The monoisotopic (exact) mass is 383 g/mol. The summed E-state index contributed by atoms with van der Waals surface area (Å²) in [6, 6.07) is 18.3. The quantitative estimate of drug-likeness (QED) is 0.486. The normalized spacial score (nSPS) is 9.68. The minimum atomic E-state index is -0.453. The first-order valence-corrected chi connectivity index (χ1v) is 8.33. The Hall–Kier alpha value is -3.74. The molecule has 28 heavy (non-hydrogen) atoms. The number of methoxy groups -OCH3 is 2. The number of aryl methyl sites for hydroxylation is 1. The average Bonchev–Trinajstić information content (AvgIpc) is 2.71. The molecule has 3 aromatic rings. The summed E-state index contributed by atoms with van der Waals surface area (Å²) in [5.74, 6) is 2.46. The molecule has 0 heterocycles. The highest BCUT2D eigenvalue weighted by Gasteiger charge is 2.15. The Kier molecular flexibility index (Phi) is 7.21. The summed E-state index contributed by atoms with van der Waals surface area (Å²) >= 11 is 0. The minimum absolute atomic E-state index is 0.0455. The van der Waals surface area contributed by atoms with Crippen molar-refractivity contribution in [3.05, 3.63) is 82.4 Å². The molecule has 0 radical (unpaired) electrons. The highest BCUT2D eigenvalue weighted by atomic mass is 16.6. The van der Waals surface area contributed by atoms with Gasteiger partial charge in [0.15, 0.2) is 0 Å². The van der Waals surface area contributed by atoms with Crippen LogP contribution in [-0.2, 0) is 0 Å². The van der Waals surface area contributed by atoms with Gasteiger partial charge in [0, 0.05) is 6.07 Å². The van der Waals surface area contributed by atoms with Crippen molar-refractivity contribution in [3.8, 4) is 28.7 Å². The summed E-state index contributed by atoms with van der Waals surface area (Å²) in [7, 11) is 3.16. The van der Waals surface area contributed by atoms with Crippen molar-refractivity contribution in [3.63, 3.8) is 0 Å². The molecule has 0 atom stereocenters. The first-order valence-electron chi connectivity index (χ1n) is 8.33. The summed E-state index contributed by atoms with van der Waals surface area (Å²) in [4.78, 5) is 10.5. The first kappa shape index (κ1) is 20.6. The maximum atomic E-state index is 11.0. The van der Waals surface area contributed by atoms with Crippen LogP contribution in [0, 0.1) is 17.0 Å². The molecular formula is C21H21NO6. The van der Waals surface area contributed by atoms with E-state index in [1.165, 1.54) is 6.07 Å². The highest BCUT2D eigenvalue weighted by Crippen LogP contribution is 2.32. The maximum Gasteiger partial charge on any atom is 0.311 e. The van der Waals surface area contributed by atoms with Crippen LogP contribution in [0.2, 0.25) is 0 Å². The predicted octanol–water partition coefficient (Wildman–Crippen LogP) is 5.10. The van der Waals surface area contributed by atoms with Crippen LogP contribution < -0.4 is 14.2 Å². The van der Waals surface area contributed by atoms with Crippen LogP contribution in [0.4, 0.5) is 5.69 Å². The Morgan fingerprint density at radius 1 is 0.821 bits per heavy atom. The Morgan fingerprint density at radius 2 is 1.32 bits per heavy atom. The van der Waals surface area contributed by atoms with Crippen molar-refractivity contribution in [1.29, 1.82) is 0 Å². The van der Waals surface area contributed by atoms with Gasteiger partial charge in [0.1, 0.15) is 23.0 Å². The van der Waals surface area contributed by atoms with Crippen LogP contribution in [0.15, 0.2) is 66.7 Å². The van der Waals surface area contributed by atoms with E-state index >= 15 is 0 Å². The zero-order valence-corrected chi connectivity index (χ0v) is 15.8. The third-order valence-corrected chi connectivity index (χ3v) is 3.67. The average molecular weight is 383 g/mol. The van der Waals surface area contributed by atoms with Gasteiger partial charge in [0.05, 0.1) is 19.1 Å². The Bertz CT molecular complexity index is 907. The molecule has 0 spiro atoms. The van der Waals surface area contributed by atoms with Crippen LogP contribution in [0.25, 0.3) is 0 Å². The predicted molar refractivity (Wildman–Crippen MR) is 106 cm³/mol. The number of nitrogens with zero attached hydrogens (tertiary/aromatic N) is 1. The smallest absolute Gasteiger partial charge is 0.311 e. The van der Waals surface area contributed by atoms with Crippen LogP contribution in [0.1, 0.15) is 5.56 Å². The van der Waals surface area contributed by atoms with E-state index in [9.17, 15) is 10.1 Å². The molecule has 146 valence electrons. The third kappa shape index (κ3) is 5.91. The molecule has 1 N–H and O–H groups in total. The van der Waals surface area contributed by atoms with Crippen LogP contribution in [-0.4, -0.2) is 24.2 Å². The van der Waals surface area contributed by atoms with Gasteiger partial charge in [-0.1, -0.05) is 6.07 Å². The molecule has 0 saturated heterocycles. The molecule has 0 aliphatic heterocycles. The van der Waals surface area contributed by atoms with E-state index in [0.29, 0.717) is 11.5 Å². The topological polar surface area (TPSA) is 91.1 Å². The molecule has 0 amide bonds. The van der Waals surface area contributed by atoms with E-state index < -0.39 is 4.92 Å². The number of aromatic hydroxyl groups is 1. The molecule has 7 nitrogen and oxygen atoms in total. The van der Waals surface area contributed by atoms with Gasteiger partial charge in [-0.05, 0) is 67.1 Å². The number of hydrogen-bond acceptors (Lipinski definition) is 6. The van der Waals surface area contributed by atoms with Gasteiger partial charge < -0.3 is 19.3 Å². The molecule has 0 aliphatic carbocycles. The van der Waals surface area contributed by atoms with Crippen LogP contribution >= 0.6 is 0 Å². The molecule has 3 aromatic carbocycles. The van der Waals surface area contributed by atoms with Crippen LogP contribution in [0.5, 0.6) is 28.7 Å². The number of rotatable bonds is 5. The SMILES string of the molecule is COc1ccc(O)cc1.COc1ccc(Oc2ccc(C)cc2[N+](=O)[O-])cc1. The Balaban J connectivity index is 0.000000261. The number of hydrogen-bond donors (Lipinski definition) is 1. The largest absolute Gasteiger partial charge is 0.508 e. The van der Waals surface area contributed by atoms with E-state index in [-0.39, 0.29) is 17.2 Å². The van der Waals surface area contributed by atoms with Gasteiger partial charge in [-0.2, -0.15) is 0 Å². The van der Waals surface area contributed by atoms with Gasteiger partial charge in [-0.3, -0.25) is 10.1 Å². The molecule has 0 aliphatic rings. The minimum Gasteiger partial charge on any atom is -0.508 e. The number of nitro benzene ring substituents is 1. The molecule has 0 bridgehead atoms. The van der Waals surface area contributed by atoms with Crippen molar-refractivity contribution >= 4 is 5.69 Å². The Labute approximate surface area is 162 Å². The lowest BCUT2D eigenvalue weighted by Gasteiger charge is -2.07. The molecule has 0 fully saturated rings. The second kappa shape index (κ2) is 9.82. The highest BCUT2D eigenvalue weighted by molar-refractivity contribution is 5.50. The number of phenolic OH excluding ortho intramolecular Hbond substituents is 1. The summed E-state index contributed by atoms with van der Waals surface area (Å²) in [5.41, 5.74) is 0.768. The van der Waals surface area contributed by atoms with Gasteiger partial charge in [-0.25, -0.2) is 0 Å². The number of nitro groups is 1. The lowest BCUT2D eigenvalue weighted by Crippen LogP contribution is -1.94.